The number of carbonyl (C=O) groups is 1. The Bertz CT molecular complexity index is 607. The van der Waals surface area contributed by atoms with Crippen molar-refractivity contribution >= 4 is 11.7 Å². The minimum absolute atomic E-state index is 0.0531. The highest BCUT2D eigenvalue weighted by Crippen LogP contribution is 2.29. The zero-order valence-corrected chi connectivity index (χ0v) is 16.7. The fourth-order valence-corrected chi connectivity index (χ4v) is 2.91. The number of hydrogen-bond acceptors (Lipinski definition) is 6. The smallest absolute Gasteiger partial charge is 0.356 e. The lowest BCUT2D eigenvalue weighted by atomic mass is 9.91. The van der Waals surface area contributed by atoms with Gasteiger partial charge >= 0.3 is 5.97 Å². The Morgan fingerprint density at radius 2 is 2.22 bits per heavy atom. The van der Waals surface area contributed by atoms with Crippen LogP contribution in [0.4, 0.5) is 0 Å². The van der Waals surface area contributed by atoms with Crippen molar-refractivity contribution < 1.29 is 19.4 Å². The molecule has 1 aliphatic carbocycles. The molecular formula is C21H32N2O4. The third-order valence-corrected chi connectivity index (χ3v) is 4.38. The summed E-state index contributed by atoms with van der Waals surface area (Å²) in [5.74, 6) is -0.591. The van der Waals surface area contributed by atoms with Crippen molar-refractivity contribution in [3.05, 3.63) is 48.7 Å². The summed E-state index contributed by atoms with van der Waals surface area (Å²) in [4.78, 5) is 13.7. The van der Waals surface area contributed by atoms with Crippen molar-refractivity contribution in [3.63, 3.8) is 0 Å². The molecule has 6 nitrogen and oxygen atoms in total. The molecule has 0 spiro atoms. The first kappa shape index (κ1) is 22.9. The molecular weight excluding hydrogens is 344 g/mol. The summed E-state index contributed by atoms with van der Waals surface area (Å²) < 4.78 is 10.2. The summed E-state index contributed by atoms with van der Waals surface area (Å²) in [6.45, 7) is 7.90. The lowest BCUT2D eigenvalue weighted by Crippen LogP contribution is -2.41. The number of carbonyl (C=O) groups excluding carboxylic acids is 1. The van der Waals surface area contributed by atoms with Crippen LogP contribution in [0.3, 0.4) is 0 Å². The van der Waals surface area contributed by atoms with Gasteiger partial charge in [-0.15, -0.1) is 0 Å². The Balaban J connectivity index is 2.85. The van der Waals surface area contributed by atoms with Gasteiger partial charge in [-0.25, -0.2) is 4.79 Å². The van der Waals surface area contributed by atoms with E-state index < -0.39 is 12.3 Å². The van der Waals surface area contributed by atoms with Crippen LogP contribution in [-0.2, 0) is 14.3 Å². The number of allylic oxidation sites excluding steroid dienone is 4. The van der Waals surface area contributed by atoms with Crippen LogP contribution in [0.1, 0.15) is 26.7 Å². The van der Waals surface area contributed by atoms with Crippen LogP contribution in [0.2, 0.25) is 0 Å². The van der Waals surface area contributed by atoms with Crippen molar-refractivity contribution in [2.45, 2.75) is 39.0 Å². The number of rotatable bonds is 9. The van der Waals surface area contributed by atoms with E-state index in [-0.39, 0.29) is 23.6 Å². The van der Waals surface area contributed by atoms with Crippen molar-refractivity contribution in [3.8, 4) is 0 Å². The summed E-state index contributed by atoms with van der Waals surface area (Å²) >= 11 is 0. The number of aliphatic hydroxyl groups is 1. The molecule has 0 fully saturated rings. The molecule has 0 heterocycles. The van der Waals surface area contributed by atoms with Crippen LogP contribution >= 0.6 is 0 Å². The average Bonchev–Trinajstić information content (AvgIpc) is 2.86. The van der Waals surface area contributed by atoms with Crippen LogP contribution in [0.15, 0.2) is 48.7 Å². The molecule has 0 amide bonds. The van der Waals surface area contributed by atoms with Gasteiger partial charge in [-0.2, -0.15) is 0 Å². The fourth-order valence-electron chi connectivity index (χ4n) is 2.91. The second-order valence-corrected chi connectivity index (χ2v) is 7.06. The van der Waals surface area contributed by atoms with Gasteiger partial charge in [0.15, 0.2) is 6.29 Å². The summed E-state index contributed by atoms with van der Waals surface area (Å²) in [7, 11) is 3.34. The molecule has 0 aromatic heterocycles. The van der Waals surface area contributed by atoms with Crippen molar-refractivity contribution in [2.75, 3.05) is 20.8 Å². The molecule has 0 bridgehead atoms. The Morgan fingerprint density at radius 3 is 2.81 bits per heavy atom. The number of esters is 1. The van der Waals surface area contributed by atoms with E-state index in [0.717, 1.165) is 5.57 Å². The highest BCUT2D eigenvalue weighted by atomic mass is 16.6. The Morgan fingerprint density at radius 1 is 1.52 bits per heavy atom. The molecule has 0 saturated carbocycles. The third kappa shape index (κ3) is 7.53. The second-order valence-electron chi connectivity index (χ2n) is 7.06. The molecule has 6 heteroatoms. The van der Waals surface area contributed by atoms with Gasteiger partial charge in [0.05, 0.1) is 6.61 Å². The molecule has 27 heavy (non-hydrogen) atoms. The first-order valence-electron chi connectivity index (χ1n) is 9.14. The van der Waals surface area contributed by atoms with E-state index in [9.17, 15) is 9.90 Å². The fraction of sp³-hybridized carbons (Fsp3) is 0.524. The van der Waals surface area contributed by atoms with Gasteiger partial charge < -0.3 is 19.5 Å². The number of nitrogens with one attached hydrogen (secondary N) is 1. The molecule has 0 radical (unpaired) electrons. The molecule has 1 aliphatic rings. The molecule has 150 valence electrons. The number of nitrogens with zero attached hydrogens (tertiary/aromatic N) is 1. The van der Waals surface area contributed by atoms with Crippen LogP contribution in [0.5, 0.6) is 0 Å². The topological polar surface area (TPSA) is 82.9 Å². The van der Waals surface area contributed by atoms with E-state index in [1.165, 1.54) is 13.2 Å². The average molecular weight is 376 g/mol. The van der Waals surface area contributed by atoms with Crippen LogP contribution in [0.25, 0.3) is 0 Å². The van der Waals surface area contributed by atoms with Crippen molar-refractivity contribution in [2.24, 2.45) is 11.8 Å². The van der Waals surface area contributed by atoms with Crippen LogP contribution in [0, 0.1) is 17.2 Å². The van der Waals surface area contributed by atoms with E-state index in [1.807, 2.05) is 37.9 Å². The normalized spacial score (nSPS) is 22.7. The molecule has 0 saturated heterocycles. The van der Waals surface area contributed by atoms with E-state index in [2.05, 4.69) is 12.7 Å². The van der Waals surface area contributed by atoms with Gasteiger partial charge in [0.2, 0.25) is 0 Å². The monoisotopic (exact) mass is 376 g/mol. The van der Waals surface area contributed by atoms with Gasteiger partial charge in [-0.1, -0.05) is 44.7 Å². The van der Waals surface area contributed by atoms with Crippen molar-refractivity contribution in [1.29, 1.82) is 5.41 Å². The lowest BCUT2D eigenvalue weighted by molar-refractivity contribution is -0.136. The molecule has 1 unspecified atom stereocenters. The minimum atomic E-state index is -0.922. The van der Waals surface area contributed by atoms with Gasteiger partial charge in [-0.3, -0.25) is 5.41 Å². The largest absolute Gasteiger partial charge is 0.461 e. The van der Waals surface area contributed by atoms with Gasteiger partial charge in [0, 0.05) is 32.3 Å². The standard InChI is InChI=1S/C21H32N2O4/c1-6-8-16-9-7-10-19(17(13-16)20(24)26-5)23(4)12-11-18(22)21(25)27-14-15(2)3/h6-9,11-12,15,17,19-20,22,24H,1,10,13-14H2,2-5H3/b12-11-,16-8-,22-18?/t17-,19?,20+/m0/s1. The molecule has 0 aliphatic heterocycles. The highest BCUT2D eigenvalue weighted by molar-refractivity contribution is 6.39. The van der Waals surface area contributed by atoms with E-state index in [0.29, 0.717) is 19.4 Å². The minimum Gasteiger partial charge on any atom is -0.461 e. The van der Waals surface area contributed by atoms with Gasteiger partial charge in [-0.05, 0) is 30.4 Å². The molecule has 3 atom stereocenters. The maximum Gasteiger partial charge on any atom is 0.356 e. The van der Waals surface area contributed by atoms with Crippen LogP contribution < -0.4 is 0 Å². The predicted octanol–water partition coefficient (Wildman–Crippen LogP) is 3.06. The molecule has 2 N–H and O–H groups in total. The Hall–Kier alpha value is -2.18. The Labute approximate surface area is 162 Å². The molecule has 0 aromatic rings. The maximum absolute atomic E-state index is 11.8. The lowest BCUT2D eigenvalue weighted by Gasteiger charge is -2.35. The molecule has 1 rings (SSSR count). The third-order valence-electron chi connectivity index (χ3n) is 4.38. The summed E-state index contributed by atoms with van der Waals surface area (Å²) in [5, 5.41) is 18.2. The van der Waals surface area contributed by atoms with Gasteiger partial charge in [0.1, 0.15) is 5.71 Å². The highest BCUT2D eigenvalue weighted by Gasteiger charge is 2.31. The SMILES string of the molecule is C=C/C=C1/C=CCC(N(C)/C=C\C(=N)C(=O)OCC(C)C)[C@@H]([C@H](O)OC)C1. The summed E-state index contributed by atoms with van der Waals surface area (Å²) in [6.07, 6.45) is 11.2. The quantitative estimate of drug-likeness (QED) is 0.367. The first-order chi connectivity index (χ1) is 12.8. The first-order valence-corrected chi connectivity index (χ1v) is 9.14. The maximum atomic E-state index is 11.8. The number of methoxy groups -OCH3 is 1. The zero-order valence-electron chi connectivity index (χ0n) is 16.7. The summed E-state index contributed by atoms with van der Waals surface area (Å²) in [5.41, 5.74) is 0.860. The van der Waals surface area contributed by atoms with E-state index in [1.54, 1.807) is 12.3 Å². The van der Waals surface area contributed by atoms with Crippen molar-refractivity contribution in [1.82, 2.24) is 4.90 Å². The number of ether oxygens (including phenoxy) is 2. The second kappa shape index (κ2) is 11.5. The van der Waals surface area contributed by atoms with E-state index in [4.69, 9.17) is 14.9 Å². The predicted molar refractivity (Wildman–Crippen MR) is 107 cm³/mol. The zero-order chi connectivity index (χ0) is 20.4. The molecule has 0 aromatic carbocycles. The van der Waals surface area contributed by atoms with Gasteiger partial charge in [0.25, 0.3) is 0 Å². The number of hydrogen-bond donors (Lipinski definition) is 2. The van der Waals surface area contributed by atoms with Crippen LogP contribution in [-0.4, -0.2) is 54.8 Å². The van der Waals surface area contributed by atoms with E-state index >= 15 is 0 Å². The Kier molecular flexibility index (Phi) is 9.75. The number of aliphatic hydroxyl groups excluding tert-OH is 1. The summed E-state index contributed by atoms with van der Waals surface area (Å²) in [6, 6.07) is -0.0531.